The zero-order valence-corrected chi connectivity index (χ0v) is 17.8. The van der Waals surface area contributed by atoms with Crippen LogP contribution in [0.2, 0.25) is 0 Å². The van der Waals surface area contributed by atoms with E-state index in [-0.39, 0.29) is 11.9 Å². The molecular weight excluding hydrogens is 368 g/mol. The highest BCUT2D eigenvalue weighted by molar-refractivity contribution is 7.86. The summed E-state index contributed by atoms with van der Waals surface area (Å²) in [5.41, 5.74) is 0. The molecule has 158 valence electrons. The second-order valence-electron chi connectivity index (χ2n) is 7.99. The van der Waals surface area contributed by atoms with Gasteiger partial charge in [0.15, 0.2) is 0 Å². The van der Waals surface area contributed by atoms with E-state index in [1.165, 1.54) is 15.0 Å². The SMILES string of the molecule is CC(C)CCC[C@H](C)NC(=O)CN1CCN(S(=O)(=O)N2CCOCC2)CC1. The number of nitrogens with one attached hydrogen (secondary N) is 1. The Morgan fingerprint density at radius 2 is 1.56 bits per heavy atom. The van der Waals surface area contributed by atoms with Crippen molar-refractivity contribution in [2.24, 2.45) is 5.92 Å². The number of hydrogen-bond acceptors (Lipinski definition) is 5. The van der Waals surface area contributed by atoms with Gasteiger partial charge in [-0.1, -0.05) is 26.7 Å². The topological polar surface area (TPSA) is 82.2 Å². The molecule has 0 unspecified atom stereocenters. The second kappa shape index (κ2) is 10.7. The molecule has 1 amide bonds. The molecule has 8 nitrogen and oxygen atoms in total. The third-order valence-corrected chi connectivity index (χ3v) is 7.18. The number of hydrogen-bond donors (Lipinski definition) is 1. The Morgan fingerprint density at radius 3 is 2.15 bits per heavy atom. The van der Waals surface area contributed by atoms with Crippen LogP contribution in [0.25, 0.3) is 0 Å². The fraction of sp³-hybridized carbons (Fsp3) is 0.944. The largest absolute Gasteiger partial charge is 0.379 e. The van der Waals surface area contributed by atoms with E-state index in [4.69, 9.17) is 4.74 Å². The molecule has 2 heterocycles. The highest BCUT2D eigenvalue weighted by atomic mass is 32.2. The molecule has 2 aliphatic heterocycles. The van der Waals surface area contributed by atoms with Crippen molar-refractivity contribution >= 4 is 16.1 Å². The molecule has 27 heavy (non-hydrogen) atoms. The Morgan fingerprint density at radius 1 is 0.963 bits per heavy atom. The molecule has 0 bridgehead atoms. The molecule has 0 saturated carbocycles. The van der Waals surface area contributed by atoms with Crippen LogP contribution >= 0.6 is 0 Å². The van der Waals surface area contributed by atoms with Crippen molar-refractivity contribution in [2.45, 2.75) is 46.1 Å². The highest BCUT2D eigenvalue weighted by Gasteiger charge is 2.33. The van der Waals surface area contributed by atoms with E-state index >= 15 is 0 Å². The summed E-state index contributed by atoms with van der Waals surface area (Å²) in [5.74, 6) is 0.717. The zero-order valence-electron chi connectivity index (χ0n) is 17.0. The summed E-state index contributed by atoms with van der Waals surface area (Å²) in [6.07, 6.45) is 3.30. The maximum atomic E-state index is 12.7. The lowest BCUT2D eigenvalue weighted by Crippen LogP contribution is -2.56. The molecule has 2 rings (SSSR count). The molecule has 2 fully saturated rings. The van der Waals surface area contributed by atoms with E-state index < -0.39 is 10.2 Å². The number of ether oxygens (including phenoxy) is 1. The van der Waals surface area contributed by atoms with Crippen LogP contribution in [0.1, 0.15) is 40.0 Å². The van der Waals surface area contributed by atoms with E-state index in [1.807, 2.05) is 11.8 Å². The van der Waals surface area contributed by atoms with Crippen molar-refractivity contribution in [1.29, 1.82) is 0 Å². The Kier molecular flexibility index (Phi) is 8.94. The summed E-state index contributed by atoms with van der Waals surface area (Å²) >= 11 is 0. The molecule has 2 saturated heterocycles. The lowest BCUT2D eigenvalue weighted by molar-refractivity contribution is -0.123. The summed E-state index contributed by atoms with van der Waals surface area (Å²) in [5, 5.41) is 3.06. The summed E-state index contributed by atoms with van der Waals surface area (Å²) in [6, 6.07) is 0.180. The standard InChI is InChI=1S/C18H36N4O4S/c1-16(2)5-4-6-17(3)19-18(23)15-20-7-9-21(10-8-20)27(24,25)22-11-13-26-14-12-22/h16-17H,4-15H2,1-3H3,(H,19,23)/t17-/m0/s1. The van der Waals surface area contributed by atoms with Gasteiger partial charge in [0, 0.05) is 45.3 Å². The van der Waals surface area contributed by atoms with Gasteiger partial charge in [-0.25, -0.2) is 0 Å². The Labute approximate surface area is 164 Å². The summed E-state index contributed by atoms with van der Waals surface area (Å²) < 4.78 is 33.6. The van der Waals surface area contributed by atoms with Crippen molar-refractivity contribution in [3.63, 3.8) is 0 Å². The van der Waals surface area contributed by atoms with Gasteiger partial charge in [-0.2, -0.15) is 17.0 Å². The number of carbonyl (C=O) groups excluding carboxylic acids is 1. The fourth-order valence-electron chi connectivity index (χ4n) is 3.49. The number of rotatable bonds is 9. The minimum atomic E-state index is -3.41. The lowest BCUT2D eigenvalue weighted by atomic mass is 10.0. The van der Waals surface area contributed by atoms with Crippen LogP contribution in [0, 0.1) is 5.92 Å². The lowest BCUT2D eigenvalue weighted by Gasteiger charge is -2.37. The summed E-state index contributed by atoms with van der Waals surface area (Å²) in [6.45, 7) is 10.6. The maximum Gasteiger partial charge on any atom is 0.282 e. The van der Waals surface area contributed by atoms with Crippen molar-refractivity contribution in [3.05, 3.63) is 0 Å². The van der Waals surface area contributed by atoms with Gasteiger partial charge in [0.25, 0.3) is 10.2 Å². The van der Waals surface area contributed by atoms with Gasteiger partial charge in [-0.05, 0) is 19.3 Å². The van der Waals surface area contributed by atoms with E-state index in [2.05, 4.69) is 19.2 Å². The van der Waals surface area contributed by atoms with Crippen LogP contribution in [-0.2, 0) is 19.7 Å². The quantitative estimate of drug-likeness (QED) is 0.606. The van der Waals surface area contributed by atoms with E-state index in [1.54, 1.807) is 0 Å². The highest BCUT2D eigenvalue weighted by Crippen LogP contribution is 2.14. The number of carbonyl (C=O) groups is 1. The third kappa shape index (κ3) is 7.30. The molecule has 0 radical (unpaired) electrons. The molecule has 0 aromatic rings. The van der Waals surface area contributed by atoms with Gasteiger partial charge in [-0.3, -0.25) is 9.69 Å². The predicted octanol–water partition coefficient (Wildman–Crippen LogP) is 0.512. The average molecular weight is 405 g/mol. The predicted molar refractivity (Wildman–Crippen MR) is 106 cm³/mol. The fourth-order valence-corrected chi connectivity index (χ4v) is 5.05. The molecular formula is C18H36N4O4S. The van der Waals surface area contributed by atoms with Crippen molar-refractivity contribution < 1.29 is 17.9 Å². The van der Waals surface area contributed by atoms with Crippen LogP contribution in [0.4, 0.5) is 0 Å². The molecule has 1 N–H and O–H groups in total. The number of piperazine rings is 1. The van der Waals surface area contributed by atoms with Gasteiger partial charge < -0.3 is 10.1 Å². The molecule has 1 atom stereocenters. The normalized spacial score (nSPS) is 22.1. The monoisotopic (exact) mass is 404 g/mol. The van der Waals surface area contributed by atoms with Gasteiger partial charge >= 0.3 is 0 Å². The minimum Gasteiger partial charge on any atom is -0.379 e. The van der Waals surface area contributed by atoms with Crippen LogP contribution in [0.5, 0.6) is 0 Å². The van der Waals surface area contributed by atoms with Crippen LogP contribution < -0.4 is 5.32 Å². The van der Waals surface area contributed by atoms with Gasteiger partial charge in [0.2, 0.25) is 5.91 Å². The first kappa shape index (κ1) is 22.5. The number of morpholine rings is 1. The molecule has 0 aromatic heterocycles. The first-order valence-corrected chi connectivity index (χ1v) is 11.5. The molecule has 9 heteroatoms. The van der Waals surface area contributed by atoms with E-state index in [9.17, 15) is 13.2 Å². The average Bonchev–Trinajstić information content (AvgIpc) is 2.62. The van der Waals surface area contributed by atoms with Gasteiger partial charge in [0.05, 0.1) is 19.8 Å². The first-order valence-electron chi connectivity index (χ1n) is 10.1. The minimum absolute atomic E-state index is 0.0246. The molecule has 0 aromatic carbocycles. The molecule has 0 aliphatic carbocycles. The van der Waals surface area contributed by atoms with Gasteiger partial charge in [0.1, 0.15) is 0 Å². The van der Waals surface area contributed by atoms with Crippen LogP contribution in [0.15, 0.2) is 0 Å². The van der Waals surface area contributed by atoms with Crippen molar-refractivity contribution in [1.82, 2.24) is 18.8 Å². The Hall–Kier alpha value is -0.740. The summed E-state index contributed by atoms with van der Waals surface area (Å²) in [4.78, 5) is 14.3. The Bertz CT molecular complexity index is 556. The van der Waals surface area contributed by atoms with E-state index in [0.29, 0.717) is 64.9 Å². The van der Waals surface area contributed by atoms with Gasteiger partial charge in [-0.15, -0.1) is 0 Å². The second-order valence-corrected chi connectivity index (χ2v) is 9.92. The number of nitrogens with zero attached hydrogens (tertiary/aromatic N) is 3. The number of amides is 1. The van der Waals surface area contributed by atoms with E-state index in [0.717, 1.165) is 12.8 Å². The molecule has 0 spiro atoms. The van der Waals surface area contributed by atoms with Crippen molar-refractivity contribution in [3.8, 4) is 0 Å². The smallest absolute Gasteiger partial charge is 0.282 e. The summed E-state index contributed by atoms with van der Waals surface area (Å²) in [7, 11) is -3.41. The van der Waals surface area contributed by atoms with Crippen LogP contribution in [-0.4, -0.2) is 92.9 Å². The zero-order chi connectivity index (χ0) is 19.9. The first-order chi connectivity index (χ1) is 12.8. The van der Waals surface area contributed by atoms with Crippen molar-refractivity contribution in [2.75, 3.05) is 59.0 Å². The van der Waals surface area contributed by atoms with Crippen LogP contribution in [0.3, 0.4) is 0 Å². The molecule has 2 aliphatic rings. The third-order valence-electron chi connectivity index (χ3n) is 5.15. The Balaban J connectivity index is 1.70. The maximum absolute atomic E-state index is 12.7.